The molecule has 0 saturated carbocycles. The Morgan fingerprint density at radius 3 is 3.06 bits per heavy atom. The number of aliphatic hydroxyl groups is 1. The van der Waals surface area contributed by atoms with E-state index in [1.54, 1.807) is 19.2 Å². The van der Waals surface area contributed by atoms with Crippen molar-refractivity contribution in [2.24, 2.45) is 0 Å². The summed E-state index contributed by atoms with van der Waals surface area (Å²) in [5, 5.41) is 15.8. The van der Waals surface area contributed by atoms with Gasteiger partial charge in [0.05, 0.1) is 6.10 Å². The van der Waals surface area contributed by atoms with Gasteiger partial charge in [0.1, 0.15) is 0 Å². The summed E-state index contributed by atoms with van der Waals surface area (Å²) >= 11 is 0. The molecule has 2 aromatic rings. The second-order valence-corrected chi connectivity index (χ2v) is 4.13. The molecule has 2 N–H and O–H groups in total. The second kappa shape index (κ2) is 5.09. The molecular formula is C11H15N5O2. The predicted octanol–water partition coefficient (Wildman–Crippen LogP) is -0.0666. The maximum absolute atomic E-state index is 11.7. The monoisotopic (exact) mass is 249 g/mol. The molecule has 0 aromatic carbocycles. The summed E-state index contributed by atoms with van der Waals surface area (Å²) < 4.78 is 1.52. The van der Waals surface area contributed by atoms with Crippen molar-refractivity contribution in [3.8, 4) is 0 Å². The Bertz CT molecular complexity index is 564. The van der Waals surface area contributed by atoms with Crippen molar-refractivity contribution in [1.82, 2.24) is 24.9 Å². The lowest BCUT2D eigenvalue weighted by Gasteiger charge is -2.03. The normalized spacial score (nSPS) is 12.6. The summed E-state index contributed by atoms with van der Waals surface area (Å²) in [5.74, 6) is 0.124. The molecular weight excluding hydrogens is 234 g/mol. The van der Waals surface area contributed by atoms with Gasteiger partial charge in [0.25, 0.3) is 11.7 Å². The van der Waals surface area contributed by atoms with Gasteiger partial charge in [0, 0.05) is 18.4 Å². The first-order valence-electron chi connectivity index (χ1n) is 5.72. The number of nitrogens with zero attached hydrogens (tertiary/aromatic N) is 4. The van der Waals surface area contributed by atoms with Gasteiger partial charge in [-0.05, 0) is 26.3 Å². The standard InChI is InChI=1S/C11H15N5O2/c1-7-3-5-13-11-14-9(15-16(7)11)10(18)12-6-4-8(2)17/h3,5,8,17H,4,6H2,1-2H3,(H,12,18). The highest BCUT2D eigenvalue weighted by Gasteiger charge is 2.13. The van der Waals surface area contributed by atoms with Crippen molar-refractivity contribution in [1.29, 1.82) is 0 Å². The van der Waals surface area contributed by atoms with Gasteiger partial charge in [0.2, 0.25) is 5.82 Å². The van der Waals surface area contributed by atoms with Crippen LogP contribution in [0, 0.1) is 6.92 Å². The SMILES string of the molecule is Cc1ccnc2nc(C(=O)NCCC(C)O)nn12. The van der Waals surface area contributed by atoms with Crippen LogP contribution in [0.4, 0.5) is 0 Å². The summed E-state index contributed by atoms with van der Waals surface area (Å²) in [6.45, 7) is 3.92. The summed E-state index contributed by atoms with van der Waals surface area (Å²) in [5.41, 5.74) is 0.857. The zero-order valence-corrected chi connectivity index (χ0v) is 10.3. The molecule has 1 amide bonds. The highest BCUT2D eigenvalue weighted by molar-refractivity contribution is 5.90. The first-order chi connectivity index (χ1) is 8.58. The largest absolute Gasteiger partial charge is 0.393 e. The third-order valence-electron chi connectivity index (χ3n) is 2.48. The molecule has 96 valence electrons. The minimum atomic E-state index is -0.441. The van der Waals surface area contributed by atoms with Crippen molar-refractivity contribution in [3.63, 3.8) is 0 Å². The molecule has 2 rings (SSSR count). The Hall–Kier alpha value is -2.02. The molecule has 0 aliphatic carbocycles. The number of aryl methyl sites for hydroxylation is 1. The maximum atomic E-state index is 11.7. The van der Waals surface area contributed by atoms with Crippen LogP contribution in [0.2, 0.25) is 0 Å². The number of amides is 1. The molecule has 0 saturated heterocycles. The average Bonchev–Trinajstić information content (AvgIpc) is 2.74. The van der Waals surface area contributed by atoms with E-state index >= 15 is 0 Å². The van der Waals surface area contributed by atoms with Crippen molar-refractivity contribution in [2.45, 2.75) is 26.4 Å². The van der Waals surface area contributed by atoms with E-state index in [1.807, 2.05) is 6.92 Å². The van der Waals surface area contributed by atoms with Gasteiger partial charge in [-0.15, -0.1) is 5.10 Å². The van der Waals surface area contributed by atoms with Crippen molar-refractivity contribution >= 4 is 11.7 Å². The molecule has 7 nitrogen and oxygen atoms in total. The van der Waals surface area contributed by atoms with Crippen molar-refractivity contribution in [3.05, 3.63) is 23.8 Å². The zero-order valence-electron chi connectivity index (χ0n) is 10.3. The van der Waals surface area contributed by atoms with Gasteiger partial charge in [-0.2, -0.15) is 4.98 Å². The second-order valence-electron chi connectivity index (χ2n) is 4.13. The van der Waals surface area contributed by atoms with Gasteiger partial charge in [0.15, 0.2) is 0 Å². The molecule has 0 aliphatic rings. The maximum Gasteiger partial charge on any atom is 0.291 e. The number of aromatic nitrogens is 4. The molecule has 0 radical (unpaired) electrons. The molecule has 0 spiro atoms. The van der Waals surface area contributed by atoms with E-state index in [2.05, 4.69) is 20.4 Å². The average molecular weight is 249 g/mol. The van der Waals surface area contributed by atoms with E-state index in [-0.39, 0.29) is 11.7 Å². The summed E-state index contributed by atoms with van der Waals surface area (Å²) in [6.07, 6.45) is 1.67. The van der Waals surface area contributed by atoms with Crippen LogP contribution in [0.5, 0.6) is 0 Å². The van der Waals surface area contributed by atoms with E-state index in [1.165, 1.54) is 4.52 Å². The summed E-state index contributed by atoms with van der Waals surface area (Å²) in [7, 11) is 0. The Morgan fingerprint density at radius 2 is 2.39 bits per heavy atom. The smallest absolute Gasteiger partial charge is 0.291 e. The molecule has 0 fully saturated rings. The number of nitrogens with one attached hydrogen (secondary N) is 1. The minimum Gasteiger partial charge on any atom is -0.393 e. The van der Waals surface area contributed by atoms with E-state index < -0.39 is 6.10 Å². The van der Waals surface area contributed by atoms with Crippen LogP contribution in [0.15, 0.2) is 12.3 Å². The van der Waals surface area contributed by atoms with Gasteiger partial charge in [-0.3, -0.25) is 4.79 Å². The fraction of sp³-hybridized carbons (Fsp3) is 0.455. The molecule has 18 heavy (non-hydrogen) atoms. The lowest BCUT2D eigenvalue weighted by Crippen LogP contribution is -2.27. The van der Waals surface area contributed by atoms with Crippen LogP contribution in [-0.2, 0) is 0 Å². The number of rotatable bonds is 4. The van der Waals surface area contributed by atoms with Gasteiger partial charge < -0.3 is 10.4 Å². The van der Waals surface area contributed by atoms with Gasteiger partial charge in [-0.25, -0.2) is 9.50 Å². The molecule has 1 unspecified atom stereocenters. The number of carbonyl (C=O) groups is 1. The van der Waals surface area contributed by atoms with Gasteiger partial charge >= 0.3 is 0 Å². The molecule has 2 heterocycles. The van der Waals surface area contributed by atoms with Crippen LogP contribution in [0.1, 0.15) is 29.7 Å². The van der Waals surface area contributed by atoms with E-state index in [0.717, 1.165) is 5.69 Å². The molecule has 1 atom stereocenters. The minimum absolute atomic E-state index is 0.0855. The van der Waals surface area contributed by atoms with Gasteiger partial charge in [-0.1, -0.05) is 0 Å². The molecule has 7 heteroatoms. The third-order valence-corrected chi connectivity index (χ3v) is 2.48. The van der Waals surface area contributed by atoms with Crippen LogP contribution in [-0.4, -0.2) is 43.2 Å². The van der Waals surface area contributed by atoms with Crippen molar-refractivity contribution < 1.29 is 9.90 Å². The summed E-state index contributed by atoms with van der Waals surface area (Å²) in [6, 6.07) is 1.79. The quantitative estimate of drug-likeness (QED) is 0.791. The predicted molar refractivity (Wildman–Crippen MR) is 64.2 cm³/mol. The fourth-order valence-electron chi connectivity index (χ4n) is 1.48. The molecule has 0 bridgehead atoms. The van der Waals surface area contributed by atoms with E-state index in [0.29, 0.717) is 18.7 Å². The van der Waals surface area contributed by atoms with Crippen LogP contribution < -0.4 is 5.32 Å². The van der Waals surface area contributed by atoms with E-state index in [9.17, 15) is 4.79 Å². The fourth-order valence-corrected chi connectivity index (χ4v) is 1.48. The Kier molecular flexibility index (Phi) is 3.52. The number of fused-ring (bicyclic) bond motifs is 1. The Labute approximate surface area is 104 Å². The first kappa shape index (κ1) is 12.4. The first-order valence-corrected chi connectivity index (χ1v) is 5.72. The lowest BCUT2D eigenvalue weighted by molar-refractivity contribution is 0.0935. The third kappa shape index (κ3) is 2.62. The number of aliphatic hydroxyl groups excluding tert-OH is 1. The lowest BCUT2D eigenvalue weighted by atomic mass is 10.3. The topological polar surface area (TPSA) is 92.4 Å². The number of carbonyl (C=O) groups excluding carboxylic acids is 1. The van der Waals surface area contributed by atoms with Crippen LogP contribution in [0.25, 0.3) is 5.78 Å². The van der Waals surface area contributed by atoms with Crippen LogP contribution in [0.3, 0.4) is 0 Å². The highest BCUT2D eigenvalue weighted by Crippen LogP contribution is 2.01. The Morgan fingerprint density at radius 1 is 1.61 bits per heavy atom. The van der Waals surface area contributed by atoms with E-state index in [4.69, 9.17) is 5.11 Å². The molecule has 2 aromatic heterocycles. The summed E-state index contributed by atoms with van der Waals surface area (Å²) in [4.78, 5) is 19.8. The highest BCUT2D eigenvalue weighted by atomic mass is 16.3. The Balaban J connectivity index is 2.11. The number of hydrogen-bond acceptors (Lipinski definition) is 5. The van der Waals surface area contributed by atoms with Crippen molar-refractivity contribution in [2.75, 3.05) is 6.54 Å². The zero-order chi connectivity index (χ0) is 13.1. The van der Waals surface area contributed by atoms with Crippen LogP contribution >= 0.6 is 0 Å². The number of hydrogen-bond donors (Lipinski definition) is 2. The molecule has 0 aliphatic heterocycles.